The first-order valence-corrected chi connectivity index (χ1v) is 4.13. The van der Waals surface area contributed by atoms with E-state index in [0.717, 1.165) is 0 Å². The highest BCUT2D eigenvalue weighted by Crippen LogP contribution is 2.07. The lowest BCUT2D eigenvalue weighted by Crippen LogP contribution is -1.91. The number of rotatable bonds is 4. The van der Waals surface area contributed by atoms with Gasteiger partial charge in [0.15, 0.2) is 0 Å². The smallest absolute Gasteiger partial charge is 0.145 e. The molecule has 0 aliphatic rings. The van der Waals surface area contributed by atoms with Crippen LogP contribution in [0.5, 0.6) is 0 Å². The molecule has 0 spiro atoms. The molecule has 0 aliphatic carbocycles. The maximum absolute atomic E-state index is 13.0. The Balaban J connectivity index is 2.45. The minimum Gasteiger partial charge on any atom is -0.391 e. The van der Waals surface area contributed by atoms with Gasteiger partial charge in [-0.05, 0) is 12.5 Å². The van der Waals surface area contributed by atoms with Crippen LogP contribution in [0.1, 0.15) is 18.9 Å². The summed E-state index contributed by atoms with van der Waals surface area (Å²) in [6.45, 7) is 2.05. The molecule has 0 N–H and O–H groups in total. The van der Waals surface area contributed by atoms with E-state index >= 15 is 0 Å². The van der Waals surface area contributed by atoms with E-state index in [4.69, 9.17) is 4.84 Å². The second kappa shape index (κ2) is 5.30. The third-order valence-electron chi connectivity index (χ3n) is 1.47. The predicted octanol–water partition coefficient (Wildman–Crippen LogP) is 2.62. The minimum absolute atomic E-state index is 0.152. The van der Waals surface area contributed by atoms with Crippen LogP contribution in [0.3, 0.4) is 0 Å². The van der Waals surface area contributed by atoms with E-state index in [2.05, 4.69) is 11.4 Å². The van der Waals surface area contributed by atoms with Crippen molar-refractivity contribution < 1.29 is 9.23 Å². The highest BCUT2D eigenvalue weighted by Gasteiger charge is 1.98. The number of nitrogens with zero attached hydrogens (tertiary/aromatic N) is 1. The quantitative estimate of drug-likeness (QED) is 0.515. The highest BCUT2D eigenvalue weighted by molar-refractivity contribution is 5.55. The summed E-state index contributed by atoms with van der Waals surface area (Å²) in [6.07, 6.45) is 3.31. The molecule has 1 radical (unpaired) electrons. The van der Waals surface area contributed by atoms with Crippen molar-refractivity contribution in [2.75, 3.05) is 0 Å². The lowest BCUT2D eigenvalue weighted by molar-refractivity contribution is 0.129. The molecular weight excluding hydrogens is 169 g/mol. The molecule has 0 aliphatic heterocycles. The van der Waals surface area contributed by atoms with Crippen LogP contribution in [0.15, 0.2) is 29.4 Å². The van der Waals surface area contributed by atoms with Gasteiger partial charge in [0.25, 0.3) is 0 Å². The Morgan fingerprint density at radius 2 is 2.23 bits per heavy atom. The zero-order chi connectivity index (χ0) is 9.52. The van der Waals surface area contributed by atoms with E-state index in [1.54, 1.807) is 18.2 Å². The largest absolute Gasteiger partial charge is 0.391 e. The van der Waals surface area contributed by atoms with Gasteiger partial charge in [0.05, 0.1) is 0 Å². The molecule has 69 valence electrons. The van der Waals surface area contributed by atoms with E-state index in [9.17, 15) is 4.39 Å². The van der Waals surface area contributed by atoms with Crippen molar-refractivity contribution in [1.82, 2.24) is 0 Å². The summed E-state index contributed by atoms with van der Waals surface area (Å²) in [4.78, 5) is 4.81. The normalized spacial score (nSPS) is 10.6. The SMILES string of the molecule is CC/[C]=N\OCc1ccccc1F. The van der Waals surface area contributed by atoms with E-state index in [1.807, 2.05) is 6.92 Å². The van der Waals surface area contributed by atoms with Crippen molar-refractivity contribution in [2.45, 2.75) is 20.0 Å². The van der Waals surface area contributed by atoms with Crippen LogP contribution in [-0.4, -0.2) is 6.21 Å². The second-order valence-corrected chi connectivity index (χ2v) is 2.47. The Hall–Kier alpha value is -1.38. The summed E-state index contributed by atoms with van der Waals surface area (Å²) in [5, 5.41) is 3.51. The van der Waals surface area contributed by atoms with Crippen LogP contribution < -0.4 is 0 Å². The summed E-state index contributed by atoms with van der Waals surface area (Å²) < 4.78 is 13.0. The van der Waals surface area contributed by atoms with Gasteiger partial charge < -0.3 is 4.84 Å². The molecular formula is C10H11FNO. The lowest BCUT2D eigenvalue weighted by atomic mass is 10.2. The summed E-state index contributed by atoms with van der Waals surface area (Å²) in [6, 6.07) is 6.46. The van der Waals surface area contributed by atoms with Gasteiger partial charge in [0, 0.05) is 5.56 Å². The van der Waals surface area contributed by atoms with Crippen molar-refractivity contribution in [3.05, 3.63) is 35.6 Å². The van der Waals surface area contributed by atoms with Crippen LogP contribution >= 0.6 is 0 Å². The molecule has 0 amide bonds. The zero-order valence-electron chi connectivity index (χ0n) is 7.46. The average molecular weight is 180 g/mol. The van der Waals surface area contributed by atoms with Gasteiger partial charge in [0.2, 0.25) is 0 Å². The number of halogens is 1. The Kier molecular flexibility index (Phi) is 3.96. The standard InChI is InChI=1S/C10H11FNO/c1-2-7-12-13-8-9-5-3-4-6-10(9)11/h3-6H,2,8H2,1H3. The van der Waals surface area contributed by atoms with Gasteiger partial charge in [-0.25, -0.2) is 4.39 Å². The zero-order valence-corrected chi connectivity index (χ0v) is 7.46. The Labute approximate surface area is 77.0 Å². The van der Waals surface area contributed by atoms with Crippen molar-refractivity contribution >= 4 is 6.21 Å². The first-order valence-electron chi connectivity index (χ1n) is 4.13. The fraction of sp³-hybridized carbons (Fsp3) is 0.300. The van der Waals surface area contributed by atoms with Gasteiger partial charge in [-0.3, -0.25) is 0 Å². The summed E-state index contributed by atoms with van der Waals surface area (Å²) in [5.41, 5.74) is 0.504. The minimum atomic E-state index is -0.269. The second-order valence-electron chi connectivity index (χ2n) is 2.47. The first kappa shape index (κ1) is 9.71. The number of hydrogen-bond acceptors (Lipinski definition) is 2. The molecule has 0 unspecified atom stereocenters. The third-order valence-corrected chi connectivity index (χ3v) is 1.47. The molecule has 0 atom stereocenters. The predicted molar refractivity (Wildman–Crippen MR) is 48.9 cm³/mol. The lowest BCUT2D eigenvalue weighted by Gasteiger charge is -1.99. The molecule has 13 heavy (non-hydrogen) atoms. The maximum atomic E-state index is 13.0. The van der Waals surface area contributed by atoms with Gasteiger partial charge in [0.1, 0.15) is 18.6 Å². The molecule has 0 saturated carbocycles. The van der Waals surface area contributed by atoms with Crippen molar-refractivity contribution in [2.24, 2.45) is 5.16 Å². The van der Waals surface area contributed by atoms with Gasteiger partial charge in [-0.2, -0.15) is 0 Å². The van der Waals surface area contributed by atoms with Crippen molar-refractivity contribution in [1.29, 1.82) is 0 Å². The molecule has 2 nitrogen and oxygen atoms in total. The van der Waals surface area contributed by atoms with Crippen LogP contribution in [0.2, 0.25) is 0 Å². The summed E-state index contributed by atoms with van der Waals surface area (Å²) in [7, 11) is 0. The fourth-order valence-corrected chi connectivity index (χ4v) is 0.827. The maximum Gasteiger partial charge on any atom is 0.145 e. The Bertz CT molecular complexity index is 286. The first-order chi connectivity index (χ1) is 6.34. The molecule has 1 aromatic rings. The monoisotopic (exact) mass is 180 g/mol. The molecule has 0 aromatic heterocycles. The molecule has 0 bridgehead atoms. The number of hydrogen-bond donors (Lipinski definition) is 0. The van der Waals surface area contributed by atoms with E-state index in [-0.39, 0.29) is 12.4 Å². The van der Waals surface area contributed by atoms with Gasteiger partial charge in [-0.15, -0.1) is 0 Å². The van der Waals surface area contributed by atoms with E-state index in [0.29, 0.717) is 12.0 Å². The van der Waals surface area contributed by atoms with Gasteiger partial charge in [-0.1, -0.05) is 30.3 Å². The van der Waals surface area contributed by atoms with Gasteiger partial charge >= 0.3 is 0 Å². The van der Waals surface area contributed by atoms with Crippen LogP contribution in [0, 0.1) is 5.82 Å². The highest BCUT2D eigenvalue weighted by atomic mass is 19.1. The fourth-order valence-electron chi connectivity index (χ4n) is 0.827. The average Bonchev–Trinajstić information content (AvgIpc) is 2.15. The topological polar surface area (TPSA) is 21.6 Å². The van der Waals surface area contributed by atoms with Crippen LogP contribution in [0.4, 0.5) is 4.39 Å². The van der Waals surface area contributed by atoms with E-state index in [1.165, 1.54) is 6.07 Å². The van der Waals surface area contributed by atoms with Crippen LogP contribution in [0.25, 0.3) is 0 Å². The van der Waals surface area contributed by atoms with Crippen molar-refractivity contribution in [3.8, 4) is 0 Å². The van der Waals surface area contributed by atoms with E-state index < -0.39 is 0 Å². The molecule has 3 heteroatoms. The van der Waals surface area contributed by atoms with Crippen molar-refractivity contribution in [3.63, 3.8) is 0 Å². The Morgan fingerprint density at radius 3 is 2.92 bits per heavy atom. The molecule has 1 rings (SSSR count). The number of benzene rings is 1. The third kappa shape index (κ3) is 3.23. The Morgan fingerprint density at radius 1 is 1.46 bits per heavy atom. The summed E-state index contributed by atoms with van der Waals surface area (Å²) in [5.74, 6) is -0.269. The molecule has 0 fully saturated rings. The van der Waals surface area contributed by atoms with Crippen LogP contribution in [-0.2, 0) is 11.4 Å². The molecule has 0 saturated heterocycles. The molecule has 0 heterocycles. The summed E-state index contributed by atoms with van der Waals surface area (Å²) >= 11 is 0. The molecule has 1 aromatic carbocycles.